The molecule has 0 aromatic heterocycles. The highest BCUT2D eigenvalue weighted by Crippen LogP contribution is 2.22. The van der Waals surface area contributed by atoms with Gasteiger partial charge in [0.15, 0.2) is 0 Å². The van der Waals surface area contributed by atoms with Gasteiger partial charge in [-0.25, -0.2) is 9.80 Å². The van der Waals surface area contributed by atoms with Crippen LogP contribution in [0.4, 0.5) is 18.9 Å². The number of rotatable bonds is 6. The van der Waals surface area contributed by atoms with Crippen LogP contribution in [0.2, 0.25) is 0 Å². The molecular weight excluding hydrogens is 493 g/mol. The van der Waals surface area contributed by atoms with Crippen LogP contribution in [0.15, 0.2) is 24.3 Å². The molecule has 2 fully saturated rings. The molecule has 15 heteroatoms. The molecule has 0 unspecified atom stereocenters. The standard InChI is InChI=1S/C18H24N6O3S.C2HF3O2/c19-9-17-12-28-13-22(17)18(25)11-23(20)15-5-7-21(8-6-15)10-14-1-3-16(4-2-14)24(26)27;3-2(4,5)1(6)7/h1-4,15,17H,5-8,10-13,20H2;(H,6,7)/t17-;/m1./s1. The molecule has 3 N–H and O–H groups in total. The maximum absolute atomic E-state index is 12.4. The van der Waals surface area contributed by atoms with Crippen molar-refractivity contribution in [1.82, 2.24) is 14.8 Å². The summed E-state index contributed by atoms with van der Waals surface area (Å²) in [5, 5.41) is 28.6. The number of nitrogens with zero attached hydrogens (tertiary/aromatic N) is 5. The van der Waals surface area contributed by atoms with E-state index in [9.17, 15) is 28.1 Å². The molecule has 2 heterocycles. The molecule has 1 aromatic rings. The lowest BCUT2D eigenvalue weighted by Gasteiger charge is -2.36. The maximum atomic E-state index is 12.4. The van der Waals surface area contributed by atoms with Crippen molar-refractivity contribution in [1.29, 1.82) is 5.26 Å². The van der Waals surface area contributed by atoms with E-state index < -0.39 is 17.1 Å². The van der Waals surface area contributed by atoms with Crippen LogP contribution in [0, 0.1) is 21.4 Å². The van der Waals surface area contributed by atoms with Gasteiger partial charge in [-0.2, -0.15) is 18.4 Å². The number of aliphatic carboxylic acids is 1. The highest BCUT2D eigenvalue weighted by molar-refractivity contribution is 7.99. The summed E-state index contributed by atoms with van der Waals surface area (Å²) in [4.78, 5) is 35.6. The molecule has 2 aliphatic heterocycles. The lowest BCUT2D eigenvalue weighted by atomic mass is 10.0. The van der Waals surface area contributed by atoms with E-state index in [2.05, 4.69) is 11.0 Å². The number of carbonyl (C=O) groups excluding carboxylic acids is 1. The molecule has 1 aromatic carbocycles. The Morgan fingerprint density at radius 2 is 1.86 bits per heavy atom. The first-order valence-electron chi connectivity index (χ1n) is 10.5. The van der Waals surface area contributed by atoms with E-state index in [-0.39, 0.29) is 30.2 Å². The number of nitrogens with two attached hydrogens (primary N) is 1. The largest absolute Gasteiger partial charge is 0.490 e. The number of piperidine rings is 1. The number of hydrogen-bond acceptors (Lipinski definition) is 9. The molecule has 0 aliphatic carbocycles. The van der Waals surface area contributed by atoms with Gasteiger partial charge in [-0.3, -0.25) is 25.7 Å². The molecule has 1 atom stereocenters. The van der Waals surface area contributed by atoms with Gasteiger partial charge in [0.1, 0.15) is 6.04 Å². The molecule has 0 spiro atoms. The lowest BCUT2D eigenvalue weighted by Crippen LogP contribution is -2.52. The molecule has 3 rings (SSSR count). The number of nitriles is 1. The summed E-state index contributed by atoms with van der Waals surface area (Å²) in [7, 11) is 0. The number of nitro groups is 1. The third-order valence-corrected chi connectivity index (χ3v) is 6.50. The van der Waals surface area contributed by atoms with Crippen molar-refractivity contribution >= 4 is 29.3 Å². The normalized spacial score (nSPS) is 19.1. The minimum Gasteiger partial charge on any atom is -0.475 e. The van der Waals surface area contributed by atoms with Crippen molar-refractivity contribution in [3.05, 3.63) is 39.9 Å². The van der Waals surface area contributed by atoms with E-state index in [1.807, 2.05) is 0 Å². The van der Waals surface area contributed by atoms with Gasteiger partial charge in [0.05, 0.1) is 23.4 Å². The third kappa shape index (κ3) is 8.66. The number of halogens is 3. The first-order valence-corrected chi connectivity index (χ1v) is 11.6. The fraction of sp³-hybridized carbons (Fsp3) is 0.550. The van der Waals surface area contributed by atoms with Crippen LogP contribution in [-0.4, -0.2) is 86.2 Å². The third-order valence-electron chi connectivity index (χ3n) is 5.49. The van der Waals surface area contributed by atoms with Gasteiger partial charge in [-0.15, -0.1) is 11.8 Å². The molecule has 0 saturated carbocycles. The van der Waals surface area contributed by atoms with E-state index in [4.69, 9.17) is 21.0 Å². The number of hydrazine groups is 1. The molecule has 0 bridgehead atoms. The number of carboxylic acid groups (broad SMARTS) is 1. The van der Waals surface area contributed by atoms with Crippen molar-refractivity contribution < 1.29 is 32.8 Å². The highest BCUT2D eigenvalue weighted by atomic mass is 32.2. The summed E-state index contributed by atoms with van der Waals surface area (Å²) in [6, 6.07) is 8.58. The number of likely N-dealkylation sites (tertiary alicyclic amines) is 1. The van der Waals surface area contributed by atoms with Crippen LogP contribution in [-0.2, 0) is 16.1 Å². The van der Waals surface area contributed by atoms with Crippen LogP contribution >= 0.6 is 11.8 Å². The molecule has 1 amide bonds. The molecule has 2 saturated heterocycles. The summed E-state index contributed by atoms with van der Waals surface area (Å²) in [6.07, 6.45) is -3.37. The summed E-state index contributed by atoms with van der Waals surface area (Å²) in [5.74, 6) is 4.53. The molecule has 11 nitrogen and oxygen atoms in total. The van der Waals surface area contributed by atoms with Gasteiger partial charge in [-0.1, -0.05) is 12.1 Å². The molecule has 0 radical (unpaired) electrons. The van der Waals surface area contributed by atoms with Crippen LogP contribution in [0.5, 0.6) is 0 Å². The zero-order valence-corrected chi connectivity index (χ0v) is 19.4. The molecule has 192 valence electrons. The Balaban J connectivity index is 0.000000540. The minimum atomic E-state index is -5.08. The van der Waals surface area contributed by atoms with E-state index in [1.54, 1.807) is 33.8 Å². The fourth-order valence-electron chi connectivity index (χ4n) is 3.56. The topological polar surface area (TPSA) is 157 Å². The molecule has 2 aliphatic rings. The second kappa shape index (κ2) is 12.7. The van der Waals surface area contributed by atoms with E-state index in [0.29, 0.717) is 11.6 Å². The van der Waals surface area contributed by atoms with Crippen LogP contribution < -0.4 is 5.84 Å². The van der Waals surface area contributed by atoms with Gasteiger partial charge in [-0.05, 0) is 18.4 Å². The number of thioether (sulfide) groups is 1. The van der Waals surface area contributed by atoms with Crippen LogP contribution in [0.25, 0.3) is 0 Å². The van der Waals surface area contributed by atoms with Gasteiger partial charge in [0.2, 0.25) is 5.91 Å². The predicted octanol–water partition coefficient (Wildman–Crippen LogP) is 1.79. The number of alkyl halides is 3. The average Bonchev–Trinajstić information content (AvgIpc) is 3.29. The first kappa shape index (κ1) is 28.3. The molecule has 35 heavy (non-hydrogen) atoms. The first-order chi connectivity index (χ1) is 16.4. The number of hydrogen-bond donors (Lipinski definition) is 2. The van der Waals surface area contributed by atoms with Gasteiger partial charge in [0, 0.05) is 43.6 Å². The van der Waals surface area contributed by atoms with E-state index in [1.165, 1.54) is 12.1 Å². The highest BCUT2D eigenvalue weighted by Gasteiger charge is 2.38. The minimum absolute atomic E-state index is 0.0904. The van der Waals surface area contributed by atoms with Crippen LogP contribution in [0.1, 0.15) is 18.4 Å². The number of nitro benzene ring substituents is 1. The Morgan fingerprint density at radius 3 is 2.34 bits per heavy atom. The number of carboxylic acids is 1. The Morgan fingerprint density at radius 1 is 1.29 bits per heavy atom. The quantitative estimate of drug-likeness (QED) is 0.323. The van der Waals surface area contributed by atoms with Gasteiger partial charge in [0.25, 0.3) is 5.69 Å². The zero-order valence-electron chi connectivity index (χ0n) is 18.6. The lowest BCUT2D eigenvalue weighted by molar-refractivity contribution is -0.384. The van der Waals surface area contributed by atoms with Crippen molar-refractivity contribution in [3.63, 3.8) is 0 Å². The average molecular weight is 519 g/mol. The van der Waals surface area contributed by atoms with Gasteiger partial charge >= 0.3 is 12.1 Å². The Labute approximate surface area is 203 Å². The van der Waals surface area contributed by atoms with Gasteiger partial charge < -0.3 is 10.0 Å². The van der Waals surface area contributed by atoms with Crippen molar-refractivity contribution in [2.45, 2.75) is 37.6 Å². The molecular formula is C20H25F3N6O5S. The fourth-order valence-corrected chi connectivity index (χ4v) is 4.67. The summed E-state index contributed by atoms with van der Waals surface area (Å²) >= 11 is 1.59. The Kier molecular flexibility index (Phi) is 10.3. The summed E-state index contributed by atoms with van der Waals surface area (Å²) in [6.45, 7) is 2.57. The second-order valence-corrected chi connectivity index (χ2v) is 8.91. The Hall–Kier alpha value is -2.93. The van der Waals surface area contributed by atoms with Crippen LogP contribution in [0.3, 0.4) is 0 Å². The smallest absolute Gasteiger partial charge is 0.475 e. The maximum Gasteiger partial charge on any atom is 0.490 e. The number of benzene rings is 1. The predicted molar refractivity (Wildman–Crippen MR) is 120 cm³/mol. The summed E-state index contributed by atoms with van der Waals surface area (Å²) < 4.78 is 31.7. The van der Waals surface area contributed by atoms with Crippen molar-refractivity contribution in [3.8, 4) is 6.07 Å². The monoisotopic (exact) mass is 518 g/mol. The zero-order chi connectivity index (χ0) is 26.2. The number of non-ortho nitro benzene ring substituents is 1. The van der Waals surface area contributed by atoms with E-state index in [0.717, 1.165) is 38.0 Å². The number of carbonyl (C=O) groups is 2. The Bertz CT molecular complexity index is 935. The summed E-state index contributed by atoms with van der Waals surface area (Å²) in [5.41, 5.74) is 1.14. The van der Waals surface area contributed by atoms with Crippen molar-refractivity contribution in [2.24, 2.45) is 5.84 Å². The SMILES string of the molecule is N#C[C@@H]1CSCN1C(=O)CN(N)C1CCN(Cc2ccc([N+](=O)[O-])cc2)CC1.O=C(O)C(F)(F)F. The van der Waals surface area contributed by atoms with E-state index >= 15 is 0 Å². The number of amides is 1. The second-order valence-electron chi connectivity index (χ2n) is 7.91. The van der Waals surface area contributed by atoms with Crippen molar-refractivity contribution in [2.75, 3.05) is 31.3 Å².